The number of piperazine rings is 1. The number of nitrogens with zero attached hydrogens (tertiary/aromatic N) is 4. The van der Waals surface area contributed by atoms with Gasteiger partial charge in [-0.1, -0.05) is 0 Å². The normalized spacial score (nSPS) is 20.6. The summed E-state index contributed by atoms with van der Waals surface area (Å²) in [4.78, 5) is 11.3. The molecule has 0 amide bonds. The van der Waals surface area contributed by atoms with Gasteiger partial charge in [-0.3, -0.25) is 0 Å². The molecule has 7 nitrogen and oxygen atoms in total. The second-order valence-electron chi connectivity index (χ2n) is 7.13. The standard InChI is InChI=1S/C18H25N5O2S/c1-26(24,25)23-10-8-22(9-11-23)15-2-3-16-17(12-15)20-13-21-18(16)14-4-6-19-7-5-14/h2-3,12-14,19H,4-11H2,1H3. The Labute approximate surface area is 154 Å². The molecule has 1 N–H and O–H groups in total. The minimum atomic E-state index is -3.10. The van der Waals surface area contributed by atoms with Gasteiger partial charge in [0.25, 0.3) is 0 Å². The number of nitrogens with one attached hydrogen (secondary N) is 1. The maximum atomic E-state index is 11.7. The molecule has 2 saturated heterocycles. The Balaban J connectivity index is 1.57. The fraction of sp³-hybridized carbons (Fsp3) is 0.556. The number of hydrogen-bond acceptors (Lipinski definition) is 6. The second kappa shape index (κ2) is 7.09. The van der Waals surface area contributed by atoms with Crippen LogP contribution in [0.25, 0.3) is 10.9 Å². The van der Waals surface area contributed by atoms with Crippen LogP contribution in [0.5, 0.6) is 0 Å². The maximum Gasteiger partial charge on any atom is 0.211 e. The molecule has 0 spiro atoms. The Hall–Kier alpha value is -1.77. The fourth-order valence-electron chi connectivity index (χ4n) is 3.96. The summed E-state index contributed by atoms with van der Waals surface area (Å²) in [5.74, 6) is 0.492. The summed E-state index contributed by atoms with van der Waals surface area (Å²) in [6, 6.07) is 6.36. The van der Waals surface area contributed by atoms with Crippen molar-refractivity contribution in [1.29, 1.82) is 0 Å². The predicted octanol–water partition coefficient (Wildman–Crippen LogP) is 1.18. The van der Waals surface area contributed by atoms with Crippen LogP contribution < -0.4 is 10.2 Å². The van der Waals surface area contributed by atoms with Gasteiger partial charge in [-0.05, 0) is 44.1 Å². The van der Waals surface area contributed by atoms with Gasteiger partial charge in [0.15, 0.2) is 0 Å². The number of piperidine rings is 1. The van der Waals surface area contributed by atoms with E-state index < -0.39 is 10.0 Å². The van der Waals surface area contributed by atoms with Crippen LogP contribution >= 0.6 is 0 Å². The smallest absolute Gasteiger partial charge is 0.211 e. The third-order valence-electron chi connectivity index (χ3n) is 5.45. The molecule has 26 heavy (non-hydrogen) atoms. The van der Waals surface area contributed by atoms with Crippen LogP contribution in [0.4, 0.5) is 5.69 Å². The SMILES string of the molecule is CS(=O)(=O)N1CCN(c2ccc3c(C4CCNCC4)ncnc3c2)CC1. The van der Waals surface area contributed by atoms with E-state index >= 15 is 0 Å². The lowest BCUT2D eigenvalue weighted by atomic mass is 9.92. The van der Waals surface area contributed by atoms with Crippen molar-refractivity contribution in [2.45, 2.75) is 18.8 Å². The molecule has 2 aliphatic rings. The van der Waals surface area contributed by atoms with Crippen LogP contribution in [0.15, 0.2) is 24.5 Å². The lowest BCUT2D eigenvalue weighted by Crippen LogP contribution is -2.48. The number of rotatable bonds is 3. The summed E-state index contributed by atoms with van der Waals surface area (Å²) in [6.07, 6.45) is 5.17. The van der Waals surface area contributed by atoms with E-state index in [9.17, 15) is 8.42 Å². The van der Waals surface area contributed by atoms with E-state index in [0.717, 1.165) is 48.2 Å². The van der Waals surface area contributed by atoms with Gasteiger partial charge in [0, 0.05) is 43.2 Å². The van der Waals surface area contributed by atoms with E-state index in [1.54, 1.807) is 10.6 Å². The van der Waals surface area contributed by atoms with Crippen molar-refractivity contribution in [2.75, 3.05) is 50.4 Å². The molecule has 4 rings (SSSR count). The second-order valence-corrected chi connectivity index (χ2v) is 9.12. The van der Waals surface area contributed by atoms with Gasteiger partial charge in [0.1, 0.15) is 6.33 Å². The zero-order chi connectivity index (χ0) is 18.1. The van der Waals surface area contributed by atoms with Crippen molar-refractivity contribution in [3.05, 3.63) is 30.2 Å². The van der Waals surface area contributed by atoms with Crippen LogP contribution in [0.2, 0.25) is 0 Å². The van der Waals surface area contributed by atoms with Gasteiger partial charge in [-0.25, -0.2) is 18.4 Å². The highest BCUT2D eigenvalue weighted by atomic mass is 32.2. The Morgan fingerprint density at radius 2 is 1.81 bits per heavy atom. The minimum Gasteiger partial charge on any atom is -0.369 e. The van der Waals surface area contributed by atoms with Gasteiger partial charge >= 0.3 is 0 Å². The molecule has 2 aromatic rings. The van der Waals surface area contributed by atoms with Gasteiger partial charge in [-0.15, -0.1) is 0 Å². The van der Waals surface area contributed by atoms with Crippen molar-refractivity contribution in [3.63, 3.8) is 0 Å². The van der Waals surface area contributed by atoms with Crippen LogP contribution in [0, 0.1) is 0 Å². The van der Waals surface area contributed by atoms with Crippen LogP contribution in [-0.2, 0) is 10.0 Å². The predicted molar refractivity (Wildman–Crippen MR) is 103 cm³/mol. The Morgan fingerprint density at radius 3 is 2.50 bits per heavy atom. The highest BCUT2D eigenvalue weighted by molar-refractivity contribution is 7.88. The number of benzene rings is 1. The lowest BCUT2D eigenvalue weighted by molar-refractivity contribution is 0.388. The Morgan fingerprint density at radius 1 is 1.08 bits per heavy atom. The molecule has 0 aliphatic carbocycles. The zero-order valence-electron chi connectivity index (χ0n) is 15.1. The zero-order valence-corrected chi connectivity index (χ0v) is 15.9. The van der Waals surface area contributed by atoms with Gasteiger partial charge < -0.3 is 10.2 Å². The highest BCUT2D eigenvalue weighted by Gasteiger charge is 2.24. The molecular weight excluding hydrogens is 350 g/mol. The monoisotopic (exact) mass is 375 g/mol. The molecule has 2 aliphatic heterocycles. The molecule has 1 aromatic carbocycles. The summed E-state index contributed by atoms with van der Waals surface area (Å²) < 4.78 is 24.9. The van der Waals surface area contributed by atoms with E-state index in [2.05, 4.69) is 38.4 Å². The summed E-state index contributed by atoms with van der Waals surface area (Å²) in [6.45, 7) is 4.54. The van der Waals surface area contributed by atoms with Crippen molar-refractivity contribution in [2.24, 2.45) is 0 Å². The van der Waals surface area contributed by atoms with Crippen LogP contribution in [0.3, 0.4) is 0 Å². The first kappa shape index (κ1) is 17.6. The van der Waals surface area contributed by atoms with Crippen LogP contribution in [0.1, 0.15) is 24.5 Å². The van der Waals surface area contributed by atoms with Crippen molar-refractivity contribution >= 4 is 26.6 Å². The first-order chi connectivity index (χ1) is 12.5. The Kier molecular flexibility index (Phi) is 4.81. The summed E-state index contributed by atoms with van der Waals surface area (Å²) >= 11 is 0. The molecule has 0 saturated carbocycles. The fourth-order valence-corrected chi connectivity index (χ4v) is 4.79. The van der Waals surface area contributed by atoms with E-state index in [0.29, 0.717) is 32.1 Å². The quantitative estimate of drug-likeness (QED) is 0.868. The minimum absolute atomic E-state index is 0.492. The van der Waals surface area contributed by atoms with Gasteiger partial charge in [-0.2, -0.15) is 4.31 Å². The summed E-state index contributed by atoms with van der Waals surface area (Å²) in [7, 11) is -3.10. The number of sulfonamides is 1. The van der Waals surface area contributed by atoms with E-state index in [1.165, 1.54) is 6.26 Å². The molecule has 3 heterocycles. The topological polar surface area (TPSA) is 78.4 Å². The molecule has 0 bridgehead atoms. The molecule has 8 heteroatoms. The van der Waals surface area contributed by atoms with Crippen LogP contribution in [-0.4, -0.2) is 68.2 Å². The summed E-state index contributed by atoms with van der Waals surface area (Å²) in [5, 5.41) is 4.54. The van der Waals surface area contributed by atoms with Crippen molar-refractivity contribution in [1.82, 2.24) is 19.6 Å². The molecule has 0 atom stereocenters. The lowest BCUT2D eigenvalue weighted by Gasteiger charge is -2.34. The van der Waals surface area contributed by atoms with E-state index in [4.69, 9.17) is 0 Å². The summed E-state index contributed by atoms with van der Waals surface area (Å²) in [5.41, 5.74) is 3.22. The number of anilines is 1. The van der Waals surface area contributed by atoms with Crippen molar-refractivity contribution in [3.8, 4) is 0 Å². The van der Waals surface area contributed by atoms with E-state index in [-0.39, 0.29) is 0 Å². The number of aromatic nitrogens is 2. The largest absolute Gasteiger partial charge is 0.369 e. The molecule has 140 valence electrons. The number of fused-ring (bicyclic) bond motifs is 1. The maximum absolute atomic E-state index is 11.7. The van der Waals surface area contributed by atoms with Gasteiger partial charge in [0.2, 0.25) is 10.0 Å². The van der Waals surface area contributed by atoms with E-state index in [1.807, 2.05) is 0 Å². The third kappa shape index (κ3) is 3.54. The molecule has 1 aromatic heterocycles. The Bertz CT molecular complexity index is 888. The average Bonchev–Trinajstić information content (AvgIpc) is 2.67. The average molecular weight is 375 g/mol. The molecule has 0 unspecified atom stereocenters. The molecule has 0 radical (unpaired) electrons. The molecular formula is C18H25N5O2S. The highest BCUT2D eigenvalue weighted by Crippen LogP contribution is 2.31. The first-order valence-corrected chi connectivity index (χ1v) is 11.0. The first-order valence-electron chi connectivity index (χ1n) is 9.18. The third-order valence-corrected chi connectivity index (χ3v) is 6.75. The van der Waals surface area contributed by atoms with Gasteiger partial charge in [0.05, 0.1) is 17.5 Å². The molecule has 2 fully saturated rings. The van der Waals surface area contributed by atoms with Crippen molar-refractivity contribution < 1.29 is 8.42 Å². The number of hydrogen-bond donors (Lipinski definition) is 1.